The number of methoxy groups -OCH3 is 1. The zero-order chi connectivity index (χ0) is 18.9. The summed E-state index contributed by atoms with van der Waals surface area (Å²) >= 11 is 0. The molecule has 26 heavy (non-hydrogen) atoms. The van der Waals surface area contributed by atoms with Gasteiger partial charge in [0.25, 0.3) is 5.91 Å². The van der Waals surface area contributed by atoms with E-state index in [1.807, 2.05) is 31.2 Å². The number of rotatable bonds is 9. The van der Waals surface area contributed by atoms with Crippen LogP contribution in [0.2, 0.25) is 0 Å². The van der Waals surface area contributed by atoms with Crippen LogP contribution >= 0.6 is 0 Å². The second-order valence-electron chi connectivity index (χ2n) is 6.75. The number of hydrogen-bond acceptors (Lipinski definition) is 3. The van der Waals surface area contributed by atoms with Gasteiger partial charge in [-0.3, -0.25) is 4.79 Å². The van der Waals surface area contributed by atoms with E-state index in [9.17, 15) is 4.79 Å². The van der Waals surface area contributed by atoms with Crippen molar-refractivity contribution in [2.45, 2.75) is 39.5 Å². The lowest BCUT2D eigenvalue weighted by Gasteiger charge is -2.15. The quantitative estimate of drug-likeness (QED) is 0.684. The van der Waals surface area contributed by atoms with Crippen molar-refractivity contribution < 1.29 is 14.3 Å². The van der Waals surface area contributed by atoms with Crippen LogP contribution in [0.3, 0.4) is 0 Å². The fraction of sp³-hybridized carbons (Fsp3) is 0.409. The first kappa shape index (κ1) is 19.8. The first-order valence-corrected chi connectivity index (χ1v) is 9.13. The summed E-state index contributed by atoms with van der Waals surface area (Å²) < 4.78 is 11.1. The number of amides is 1. The van der Waals surface area contributed by atoms with E-state index < -0.39 is 0 Å². The van der Waals surface area contributed by atoms with Crippen molar-refractivity contribution in [3.05, 3.63) is 59.2 Å². The maximum atomic E-state index is 12.1. The molecule has 0 unspecified atom stereocenters. The molecule has 0 aliphatic rings. The lowest BCUT2D eigenvalue weighted by molar-refractivity contribution is -0.123. The van der Waals surface area contributed by atoms with Crippen LogP contribution in [-0.4, -0.2) is 26.2 Å². The van der Waals surface area contributed by atoms with Crippen molar-refractivity contribution in [3.8, 4) is 11.5 Å². The molecule has 2 aromatic carbocycles. The molecule has 0 spiro atoms. The fourth-order valence-electron chi connectivity index (χ4n) is 2.85. The molecular weight excluding hydrogens is 326 g/mol. The van der Waals surface area contributed by atoms with Crippen LogP contribution in [0.1, 0.15) is 42.9 Å². The molecule has 140 valence electrons. The Morgan fingerprint density at radius 3 is 2.62 bits per heavy atom. The van der Waals surface area contributed by atoms with E-state index in [1.54, 1.807) is 7.11 Å². The Morgan fingerprint density at radius 2 is 1.88 bits per heavy atom. The maximum Gasteiger partial charge on any atom is 0.257 e. The third kappa shape index (κ3) is 5.80. The number of carbonyl (C=O) groups is 1. The van der Waals surface area contributed by atoms with Gasteiger partial charge in [0.05, 0.1) is 7.11 Å². The molecule has 0 aliphatic carbocycles. The zero-order valence-electron chi connectivity index (χ0n) is 16.2. The van der Waals surface area contributed by atoms with Crippen LogP contribution in [0.25, 0.3) is 0 Å². The Balaban J connectivity index is 1.77. The smallest absolute Gasteiger partial charge is 0.257 e. The number of ether oxygens (including phenoxy) is 2. The minimum absolute atomic E-state index is 0.0395. The van der Waals surface area contributed by atoms with Crippen LogP contribution in [0.5, 0.6) is 11.5 Å². The molecule has 0 saturated carbocycles. The lowest BCUT2D eigenvalue weighted by atomic mass is 10.0. The van der Waals surface area contributed by atoms with E-state index in [2.05, 4.69) is 37.4 Å². The van der Waals surface area contributed by atoms with Crippen molar-refractivity contribution in [1.82, 2.24) is 5.32 Å². The molecule has 0 heterocycles. The van der Waals surface area contributed by atoms with Gasteiger partial charge in [0.15, 0.2) is 6.61 Å². The molecule has 1 N–H and O–H groups in total. The SMILES string of the molecule is COc1ccccc1CCCNC(=O)COc1cc(C)ccc1C(C)C. The summed E-state index contributed by atoms with van der Waals surface area (Å²) in [4.78, 5) is 12.1. The summed E-state index contributed by atoms with van der Waals surface area (Å²) in [5, 5.41) is 2.92. The highest BCUT2D eigenvalue weighted by molar-refractivity contribution is 5.77. The van der Waals surface area contributed by atoms with Gasteiger partial charge in [-0.2, -0.15) is 0 Å². The molecule has 0 saturated heterocycles. The molecule has 0 aliphatic heterocycles. The minimum atomic E-state index is -0.0961. The van der Waals surface area contributed by atoms with Crippen molar-refractivity contribution in [2.24, 2.45) is 0 Å². The summed E-state index contributed by atoms with van der Waals surface area (Å²) in [6.07, 6.45) is 1.72. The Hall–Kier alpha value is -2.49. The summed E-state index contributed by atoms with van der Waals surface area (Å²) in [7, 11) is 1.68. The molecule has 0 radical (unpaired) electrons. The number of nitrogens with one attached hydrogen (secondary N) is 1. The summed E-state index contributed by atoms with van der Waals surface area (Å²) in [6.45, 7) is 6.92. The van der Waals surface area contributed by atoms with Gasteiger partial charge < -0.3 is 14.8 Å². The second-order valence-corrected chi connectivity index (χ2v) is 6.75. The van der Waals surface area contributed by atoms with Gasteiger partial charge in [0.2, 0.25) is 0 Å². The number of para-hydroxylation sites is 1. The van der Waals surface area contributed by atoms with E-state index in [0.717, 1.165) is 41.0 Å². The molecular formula is C22H29NO3. The standard InChI is InChI=1S/C22H29NO3/c1-16(2)19-12-11-17(3)14-21(19)26-15-22(24)23-13-7-9-18-8-5-6-10-20(18)25-4/h5-6,8,10-12,14,16H,7,9,13,15H2,1-4H3,(H,23,24). The van der Waals surface area contributed by atoms with Crippen LogP contribution in [0.15, 0.2) is 42.5 Å². The number of aryl methyl sites for hydroxylation is 2. The fourth-order valence-corrected chi connectivity index (χ4v) is 2.85. The molecule has 1 amide bonds. The highest BCUT2D eigenvalue weighted by Gasteiger charge is 2.10. The van der Waals surface area contributed by atoms with Gasteiger partial charge in [-0.05, 0) is 54.5 Å². The van der Waals surface area contributed by atoms with Crippen molar-refractivity contribution in [1.29, 1.82) is 0 Å². The van der Waals surface area contributed by atoms with E-state index in [4.69, 9.17) is 9.47 Å². The molecule has 4 heteroatoms. The normalized spacial score (nSPS) is 10.7. The number of hydrogen-bond donors (Lipinski definition) is 1. The lowest BCUT2D eigenvalue weighted by Crippen LogP contribution is -2.30. The molecule has 2 aromatic rings. The molecule has 4 nitrogen and oxygen atoms in total. The topological polar surface area (TPSA) is 47.6 Å². The largest absolute Gasteiger partial charge is 0.496 e. The predicted octanol–water partition coefficient (Wildman–Crippen LogP) is 4.25. The van der Waals surface area contributed by atoms with Crippen LogP contribution < -0.4 is 14.8 Å². The number of carbonyl (C=O) groups excluding carboxylic acids is 1. The van der Waals surface area contributed by atoms with E-state index in [1.165, 1.54) is 0 Å². The van der Waals surface area contributed by atoms with Gasteiger partial charge in [-0.1, -0.05) is 44.2 Å². The second kappa shape index (κ2) is 9.85. The average Bonchev–Trinajstić information content (AvgIpc) is 2.63. The predicted molar refractivity (Wildman–Crippen MR) is 105 cm³/mol. The zero-order valence-corrected chi connectivity index (χ0v) is 16.2. The van der Waals surface area contributed by atoms with Crippen LogP contribution in [0, 0.1) is 6.92 Å². The van der Waals surface area contributed by atoms with E-state index >= 15 is 0 Å². The molecule has 0 atom stereocenters. The first-order chi connectivity index (χ1) is 12.5. The van der Waals surface area contributed by atoms with Gasteiger partial charge in [0.1, 0.15) is 11.5 Å². The van der Waals surface area contributed by atoms with Crippen molar-refractivity contribution in [2.75, 3.05) is 20.3 Å². The molecule has 0 fully saturated rings. The van der Waals surface area contributed by atoms with Gasteiger partial charge in [-0.25, -0.2) is 0 Å². The maximum absolute atomic E-state index is 12.1. The van der Waals surface area contributed by atoms with Crippen LogP contribution in [0.4, 0.5) is 0 Å². The van der Waals surface area contributed by atoms with E-state index in [0.29, 0.717) is 12.5 Å². The summed E-state index contributed by atoms with van der Waals surface area (Å²) in [6, 6.07) is 14.1. The average molecular weight is 355 g/mol. The van der Waals surface area contributed by atoms with Gasteiger partial charge in [0, 0.05) is 6.54 Å². The molecule has 2 rings (SSSR count). The van der Waals surface area contributed by atoms with Gasteiger partial charge in [-0.15, -0.1) is 0 Å². The Morgan fingerprint density at radius 1 is 1.12 bits per heavy atom. The van der Waals surface area contributed by atoms with Crippen molar-refractivity contribution in [3.63, 3.8) is 0 Å². The molecule has 0 bridgehead atoms. The monoisotopic (exact) mass is 355 g/mol. The number of benzene rings is 2. The highest BCUT2D eigenvalue weighted by Crippen LogP contribution is 2.27. The minimum Gasteiger partial charge on any atom is -0.496 e. The van der Waals surface area contributed by atoms with Crippen LogP contribution in [-0.2, 0) is 11.2 Å². The Bertz CT molecular complexity index is 725. The third-order valence-electron chi connectivity index (χ3n) is 4.29. The Labute approximate surface area is 156 Å². The molecule has 0 aromatic heterocycles. The Kier molecular flexibility index (Phi) is 7.52. The summed E-state index contributed by atoms with van der Waals surface area (Å²) in [5.74, 6) is 1.95. The summed E-state index contributed by atoms with van der Waals surface area (Å²) in [5.41, 5.74) is 3.41. The highest BCUT2D eigenvalue weighted by atomic mass is 16.5. The third-order valence-corrected chi connectivity index (χ3v) is 4.29. The van der Waals surface area contributed by atoms with E-state index in [-0.39, 0.29) is 12.5 Å². The first-order valence-electron chi connectivity index (χ1n) is 9.13. The van der Waals surface area contributed by atoms with Crippen molar-refractivity contribution >= 4 is 5.91 Å². The van der Waals surface area contributed by atoms with Gasteiger partial charge >= 0.3 is 0 Å².